The number of carbonyl (C=O) groups excluding carboxylic acids is 1. The maximum absolute atomic E-state index is 12.7. The first kappa shape index (κ1) is 22.2. The summed E-state index contributed by atoms with van der Waals surface area (Å²) in [5.41, 5.74) is 3.95. The van der Waals surface area contributed by atoms with Crippen molar-refractivity contribution in [1.82, 2.24) is 4.90 Å². The number of ether oxygens (including phenoxy) is 1. The molecule has 1 atom stereocenters. The Morgan fingerprint density at radius 2 is 2.11 bits per heavy atom. The van der Waals surface area contributed by atoms with Gasteiger partial charge in [-0.2, -0.15) is 13.2 Å². The number of carbonyl (C=O) groups is 1. The summed E-state index contributed by atoms with van der Waals surface area (Å²) >= 11 is 6.16. The molecule has 0 radical (unpaired) electrons. The molecule has 1 fully saturated rings. The molecule has 1 unspecified atom stereocenters. The van der Waals surface area contributed by atoms with Crippen molar-refractivity contribution in [3.8, 4) is 0 Å². The topological polar surface area (TPSA) is 79.4 Å². The van der Waals surface area contributed by atoms with Crippen molar-refractivity contribution in [3.63, 3.8) is 0 Å². The molecule has 1 aromatic rings. The number of nitrogens with zero attached hydrogens (tertiary/aromatic N) is 1. The first-order valence-electron chi connectivity index (χ1n) is 8.92. The zero-order valence-corrected chi connectivity index (χ0v) is 16.0. The smallest absolute Gasteiger partial charge is 0.394 e. The minimum absolute atomic E-state index is 0.111. The summed E-state index contributed by atoms with van der Waals surface area (Å²) in [6.45, 7) is 1.72. The van der Waals surface area contributed by atoms with Gasteiger partial charge in [0.1, 0.15) is 5.71 Å². The minimum Gasteiger partial charge on any atom is -0.394 e. The summed E-state index contributed by atoms with van der Waals surface area (Å²) in [7, 11) is 0. The van der Waals surface area contributed by atoms with Gasteiger partial charge in [-0.05, 0) is 42.9 Å². The molecule has 1 amide bonds. The summed E-state index contributed by atoms with van der Waals surface area (Å²) in [6, 6.07) is 6.92. The van der Waals surface area contributed by atoms with Gasteiger partial charge in [-0.1, -0.05) is 29.8 Å². The van der Waals surface area contributed by atoms with Crippen molar-refractivity contribution in [1.29, 1.82) is 5.41 Å². The molecule has 3 N–H and O–H groups in total. The Kier molecular flexibility index (Phi) is 7.88. The number of alkyl halides is 3. The molecule has 0 bridgehead atoms. The molecule has 0 spiro atoms. The summed E-state index contributed by atoms with van der Waals surface area (Å²) in [6.07, 6.45) is -1.96. The molecule has 1 saturated heterocycles. The number of rotatable bonds is 7. The van der Waals surface area contributed by atoms with E-state index in [1.54, 1.807) is 24.3 Å². The molecule has 0 aromatic heterocycles. The van der Waals surface area contributed by atoms with E-state index in [4.69, 9.17) is 27.5 Å². The third kappa shape index (κ3) is 6.53. The molecule has 154 valence electrons. The highest BCUT2D eigenvalue weighted by molar-refractivity contribution is 6.31. The van der Waals surface area contributed by atoms with E-state index >= 15 is 0 Å². The minimum atomic E-state index is -4.86. The Morgan fingerprint density at radius 3 is 2.71 bits per heavy atom. The van der Waals surface area contributed by atoms with Crippen LogP contribution in [0.1, 0.15) is 24.8 Å². The van der Waals surface area contributed by atoms with Crippen LogP contribution in [0.2, 0.25) is 5.02 Å². The molecular weight excluding hydrogens is 395 g/mol. The standard InChI is InChI=1S/C19H23ClF3N3O2/c20-15-6-2-1-5-14(15)11-26(8-7-13-4-3-9-28-12-13)18(27)16(24)10-17(25)19(21,22)23/h1-2,5-6,10,13,25H,3-4,7-9,11-12,24H2/b16-10-,25-17?. The van der Waals surface area contributed by atoms with Crippen molar-refractivity contribution in [2.24, 2.45) is 11.7 Å². The van der Waals surface area contributed by atoms with Crippen molar-refractivity contribution in [3.05, 3.63) is 46.6 Å². The van der Waals surface area contributed by atoms with E-state index in [2.05, 4.69) is 0 Å². The molecule has 1 aliphatic heterocycles. The molecule has 0 aliphatic carbocycles. The number of nitrogens with one attached hydrogen (secondary N) is 1. The highest BCUT2D eigenvalue weighted by atomic mass is 35.5. The van der Waals surface area contributed by atoms with E-state index in [1.165, 1.54) is 4.90 Å². The quantitative estimate of drug-likeness (QED) is 0.521. The fourth-order valence-corrected chi connectivity index (χ4v) is 3.14. The van der Waals surface area contributed by atoms with Crippen LogP contribution in [0.15, 0.2) is 36.0 Å². The average Bonchev–Trinajstić information content (AvgIpc) is 2.66. The Bertz CT molecular complexity index is 731. The Labute approximate surface area is 166 Å². The lowest BCUT2D eigenvalue weighted by Crippen LogP contribution is -2.37. The lowest BCUT2D eigenvalue weighted by molar-refractivity contribution is -0.128. The van der Waals surface area contributed by atoms with Gasteiger partial charge in [0, 0.05) is 31.3 Å². The Hall–Kier alpha value is -2.06. The molecule has 0 saturated carbocycles. The molecule has 28 heavy (non-hydrogen) atoms. The number of hydrogen-bond donors (Lipinski definition) is 2. The first-order chi connectivity index (χ1) is 13.2. The zero-order valence-electron chi connectivity index (χ0n) is 15.3. The zero-order chi connectivity index (χ0) is 20.7. The number of hydrogen-bond acceptors (Lipinski definition) is 4. The number of benzene rings is 1. The van der Waals surface area contributed by atoms with Gasteiger partial charge in [-0.3, -0.25) is 10.2 Å². The molecule has 2 rings (SSSR count). The lowest BCUT2D eigenvalue weighted by Gasteiger charge is -2.28. The highest BCUT2D eigenvalue weighted by Gasteiger charge is 2.33. The predicted octanol–water partition coefficient (Wildman–Crippen LogP) is 3.91. The number of amides is 1. The number of allylic oxidation sites excluding steroid dienone is 1. The second kappa shape index (κ2) is 9.93. The van der Waals surface area contributed by atoms with Crippen LogP contribution in [0.4, 0.5) is 13.2 Å². The van der Waals surface area contributed by atoms with Gasteiger partial charge in [-0.25, -0.2) is 0 Å². The fraction of sp³-hybridized carbons (Fsp3) is 0.474. The molecule has 1 aromatic carbocycles. The maximum Gasteiger partial charge on any atom is 0.432 e. The fourth-order valence-electron chi connectivity index (χ4n) is 2.94. The average molecular weight is 418 g/mol. The van der Waals surface area contributed by atoms with Crippen LogP contribution in [0.5, 0.6) is 0 Å². The molecule has 9 heteroatoms. The van der Waals surface area contributed by atoms with Gasteiger partial charge in [0.25, 0.3) is 5.91 Å². The summed E-state index contributed by atoms with van der Waals surface area (Å²) < 4.78 is 43.2. The van der Waals surface area contributed by atoms with Gasteiger partial charge in [0.05, 0.1) is 5.70 Å². The number of nitrogens with two attached hydrogens (primary N) is 1. The van der Waals surface area contributed by atoms with Crippen LogP contribution in [-0.2, 0) is 16.1 Å². The van der Waals surface area contributed by atoms with E-state index in [9.17, 15) is 18.0 Å². The van der Waals surface area contributed by atoms with E-state index in [0.717, 1.165) is 12.8 Å². The van der Waals surface area contributed by atoms with Crippen LogP contribution >= 0.6 is 11.6 Å². The molecule has 5 nitrogen and oxygen atoms in total. The second-order valence-electron chi connectivity index (χ2n) is 6.70. The second-order valence-corrected chi connectivity index (χ2v) is 7.11. The van der Waals surface area contributed by atoms with E-state index in [1.807, 2.05) is 0 Å². The predicted molar refractivity (Wildman–Crippen MR) is 101 cm³/mol. The normalized spacial score (nSPS) is 18.0. The maximum atomic E-state index is 12.7. The van der Waals surface area contributed by atoms with Gasteiger partial charge in [0.2, 0.25) is 0 Å². The third-order valence-electron chi connectivity index (χ3n) is 4.52. The lowest BCUT2D eigenvalue weighted by atomic mass is 9.98. The van der Waals surface area contributed by atoms with Crippen LogP contribution in [-0.4, -0.2) is 42.5 Å². The summed E-state index contributed by atoms with van der Waals surface area (Å²) in [5, 5.41) is 7.48. The van der Waals surface area contributed by atoms with Crippen molar-refractivity contribution >= 4 is 23.2 Å². The van der Waals surface area contributed by atoms with Crippen molar-refractivity contribution < 1.29 is 22.7 Å². The van der Waals surface area contributed by atoms with Crippen LogP contribution in [0.25, 0.3) is 0 Å². The van der Waals surface area contributed by atoms with Crippen molar-refractivity contribution in [2.75, 3.05) is 19.8 Å². The van der Waals surface area contributed by atoms with Crippen LogP contribution < -0.4 is 5.73 Å². The molecule has 1 heterocycles. The summed E-state index contributed by atoms with van der Waals surface area (Å²) in [5.74, 6) is -0.486. The van der Waals surface area contributed by atoms with E-state index in [-0.39, 0.29) is 12.5 Å². The summed E-state index contributed by atoms with van der Waals surface area (Å²) in [4.78, 5) is 14.1. The first-order valence-corrected chi connectivity index (χ1v) is 9.29. The van der Waals surface area contributed by atoms with Crippen LogP contribution in [0, 0.1) is 11.3 Å². The molecular formula is C19H23ClF3N3O2. The van der Waals surface area contributed by atoms with Gasteiger partial charge < -0.3 is 15.4 Å². The van der Waals surface area contributed by atoms with Crippen LogP contribution in [0.3, 0.4) is 0 Å². The Morgan fingerprint density at radius 1 is 1.39 bits per heavy atom. The molecule has 1 aliphatic rings. The largest absolute Gasteiger partial charge is 0.432 e. The Balaban J connectivity index is 2.15. The highest BCUT2D eigenvalue weighted by Crippen LogP contribution is 2.22. The van der Waals surface area contributed by atoms with Crippen molar-refractivity contribution in [2.45, 2.75) is 32.0 Å². The van der Waals surface area contributed by atoms with Gasteiger partial charge in [-0.15, -0.1) is 0 Å². The monoisotopic (exact) mass is 417 g/mol. The SMILES string of the molecule is N=C(/C=C(\N)C(=O)N(CCC1CCCOC1)Cc1ccccc1Cl)C(F)(F)F. The third-order valence-corrected chi connectivity index (χ3v) is 4.89. The van der Waals surface area contributed by atoms with E-state index in [0.29, 0.717) is 42.8 Å². The van der Waals surface area contributed by atoms with Gasteiger partial charge in [0.15, 0.2) is 0 Å². The number of halogens is 4. The van der Waals surface area contributed by atoms with E-state index < -0.39 is 23.5 Å². The van der Waals surface area contributed by atoms with Gasteiger partial charge >= 0.3 is 6.18 Å².